The van der Waals surface area contributed by atoms with Gasteiger partial charge in [0.05, 0.1) is 17.1 Å². The number of rotatable bonds is 3. The van der Waals surface area contributed by atoms with Crippen molar-refractivity contribution >= 4 is 34.2 Å². The van der Waals surface area contributed by atoms with Crippen LogP contribution in [0.25, 0.3) is 11.0 Å². The van der Waals surface area contributed by atoms with Gasteiger partial charge in [0.1, 0.15) is 11.5 Å². The van der Waals surface area contributed by atoms with Gasteiger partial charge in [0.2, 0.25) is 5.91 Å². The topological polar surface area (TPSA) is 55.1 Å². The Bertz CT molecular complexity index is 816. The van der Waals surface area contributed by atoms with Gasteiger partial charge in [0.25, 0.3) is 0 Å². The van der Waals surface area contributed by atoms with Crippen molar-refractivity contribution in [2.75, 3.05) is 5.32 Å². The number of amides is 1. The molecular formula is C15H10ClFN2O2. The van der Waals surface area contributed by atoms with E-state index in [4.69, 9.17) is 16.1 Å². The van der Waals surface area contributed by atoms with E-state index in [1.54, 1.807) is 6.07 Å². The molecule has 1 amide bonds. The number of anilines is 1. The molecule has 0 unspecified atom stereocenters. The molecule has 106 valence electrons. The minimum Gasteiger partial charge on any atom is -0.356 e. The third-order valence-corrected chi connectivity index (χ3v) is 3.30. The van der Waals surface area contributed by atoms with Gasteiger partial charge in [-0.3, -0.25) is 4.79 Å². The smallest absolute Gasteiger partial charge is 0.230 e. The average Bonchev–Trinajstić information content (AvgIpc) is 2.85. The molecule has 1 heterocycles. The van der Waals surface area contributed by atoms with Gasteiger partial charge in [0.15, 0.2) is 5.58 Å². The fourth-order valence-electron chi connectivity index (χ4n) is 2.00. The molecule has 0 atom stereocenters. The molecule has 0 fully saturated rings. The lowest BCUT2D eigenvalue weighted by molar-refractivity contribution is -0.115. The van der Waals surface area contributed by atoms with Gasteiger partial charge in [-0.15, -0.1) is 0 Å². The van der Waals surface area contributed by atoms with Crippen molar-refractivity contribution < 1.29 is 13.7 Å². The number of hydrogen-bond donors (Lipinski definition) is 1. The van der Waals surface area contributed by atoms with Crippen LogP contribution in [0.5, 0.6) is 0 Å². The number of carbonyl (C=O) groups excluding carboxylic acids is 1. The SMILES string of the molecule is O=C(Cc1noc2ccccc12)Nc1ccc(F)cc1Cl. The Morgan fingerprint density at radius 2 is 2.10 bits per heavy atom. The van der Waals surface area contributed by atoms with E-state index in [9.17, 15) is 9.18 Å². The molecule has 0 aliphatic rings. The van der Waals surface area contributed by atoms with Crippen LogP contribution >= 0.6 is 11.6 Å². The standard InChI is InChI=1S/C15H10ClFN2O2/c16-11-7-9(17)5-6-12(11)18-15(20)8-13-10-3-1-2-4-14(10)21-19-13/h1-7H,8H2,(H,18,20). The number of carbonyl (C=O) groups is 1. The lowest BCUT2D eigenvalue weighted by atomic mass is 10.1. The zero-order chi connectivity index (χ0) is 14.8. The Morgan fingerprint density at radius 3 is 2.90 bits per heavy atom. The van der Waals surface area contributed by atoms with Crippen LogP contribution in [0.1, 0.15) is 5.69 Å². The van der Waals surface area contributed by atoms with Crippen LogP contribution in [0.15, 0.2) is 47.0 Å². The van der Waals surface area contributed by atoms with Crippen molar-refractivity contribution in [2.24, 2.45) is 0 Å². The summed E-state index contributed by atoms with van der Waals surface area (Å²) < 4.78 is 18.1. The second kappa shape index (κ2) is 5.54. The molecule has 21 heavy (non-hydrogen) atoms. The van der Waals surface area contributed by atoms with Crippen molar-refractivity contribution in [2.45, 2.75) is 6.42 Å². The first-order valence-corrected chi connectivity index (χ1v) is 6.59. The van der Waals surface area contributed by atoms with Crippen LogP contribution in [0, 0.1) is 5.82 Å². The van der Waals surface area contributed by atoms with E-state index in [1.165, 1.54) is 12.1 Å². The molecule has 0 aliphatic heterocycles. The molecular weight excluding hydrogens is 295 g/mol. The number of para-hydroxylation sites is 1. The van der Waals surface area contributed by atoms with E-state index in [2.05, 4.69) is 10.5 Å². The van der Waals surface area contributed by atoms with Crippen molar-refractivity contribution in [3.8, 4) is 0 Å². The minimum atomic E-state index is -0.458. The second-order valence-electron chi connectivity index (χ2n) is 4.47. The monoisotopic (exact) mass is 304 g/mol. The highest BCUT2D eigenvalue weighted by Gasteiger charge is 2.13. The zero-order valence-electron chi connectivity index (χ0n) is 10.8. The summed E-state index contributed by atoms with van der Waals surface area (Å²) in [5.74, 6) is -0.761. The summed E-state index contributed by atoms with van der Waals surface area (Å²) in [4.78, 5) is 12.0. The Balaban J connectivity index is 1.77. The summed E-state index contributed by atoms with van der Waals surface area (Å²) in [5, 5.41) is 7.44. The van der Waals surface area contributed by atoms with Crippen LogP contribution in [0.2, 0.25) is 5.02 Å². The van der Waals surface area contributed by atoms with Gasteiger partial charge in [-0.2, -0.15) is 0 Å². The zero-order valence-corrected chi connectivity index (χ0v) is 11.5. The highest BCUT2D eigenvalue weighted by atomic mass is 35.5. The number of fused-ring (bicyclic) bond motifs is 1. The Labute approximate surface area is 124 Å². The minimum absolute atomic E-state index is 0.0463. The summed E-state index contributed by atoms with van der Waals surface area (Å²) in [6, 6.07) is 11.1. The lowest BCUT2D eigenvalue weighted by Gasteiger charge is -2.06. The maximum atomic E-state index is 12.9. The molecule has 6 heteroatoms. The van der Waals surface area contributed by atoms with Crippen LogP contribution in [-0.4, -0.2) is 11.1 Å². The number of benzene rings is 2. The first kappa shape index (κ1) is 13.6. The number of halogens is 2. The van der Waals surface area contributed by atoms with Crippen LogP contribution < -0.4 is 5.32 Å². The number of nitrogens with one attached hydrogen (secondary N) is 1. The summed E-state index contributed by atoms with van der Waals surface area (Å²) in [6.45, 7) is 0. The molecule has 3 rings (SSSR count). The quantitative estimate of drug-likeness (QED) is 0.800. The molecule has 0 spiro atoms. The van der Waals surface area contributed by atoms with Gasteiger partial charge in [-0.25, -0.2) is 4.39 Å². The van der Waals surface area contributed by atoms with E-state index < -0.39 is 5.82 Å². The van der Waals surface area contributed by atoms with Gasteiger partial charge < -0.3 is 9.84 Å². The molecule has 0 aliphatic carbocycles. The lowest BCUT2D eigenvalue weighted by Crippen LogP contribution is -2.15. The average molecular weight is 305 g/mol. The Morgan fingerprint density at radius 1 is 1.29 bits per heavy atom. The maximum absolute atomic E-state index is 12.9. The molecule has 2 aromatic carbocycles. The van der Waals surface area contributed by atoms with Crippen molar-refractivity contribution in [1.29, 1.82) is 0 Å². The normalized spacial score (nSPS) is 10.8. The summed E-state index contributed by atoms with van der Waals surface area (Å²) in [6.07, 6.45) is 0.0463. The number of aromatic nitrogens is 1. The Hall–Kier alpha value is -2.40. The third kappa shape index (κ3) is 2.87. The molecule has 1 aromatic heterocycles. The van der Waals surface area contributed by atoms with Crippen LogP contribution in [0.4, 0.5) is 10.1 Å². The van der Waals surface area contributed by atoms with Gasteiger partial charge in [-0.1, -0.05) is 28.9 Å². The summed E-state index contributed by atoms with van der Waals surface area (Å²) in [5.41, 5.74) is 1.53. The maximum Gasteiger partial charge on any atom is 0.230 e. The molecule has 0 saturated heterocycles. The molecule has 1 N–H and O–H groups in total. The molecule has 0 bridgehead atoms. The Kier molecular flexibility index (Phi) is 3.58. The van der Waals surface area contributed by atoms with E-state index >= 15 is 0 Å². The predicted molar refractivity (Wildman–Crippen MR) is 77.8 cm³/mol. The highest BCUT2D eigenvalue weighted by Crippen LogP contribution is 2.23. The van der Waals surface area contributed by atoms with E-state index in [0.29, 0.717) is 17.0 Å². The van der Waals surface area contributed by atoms with Crippen LogP contribution in [-0.2, 0) is 11.2 Å². The fraction of sp³-hybridized carbons (Fsp3) is 0.0667. The molecule has 4 nitrogen and oxygen atoms in total. The van der Waals surface area contributed by atoms with Gasteiger partial charge in [0, 0.05) is 5.39 Å². The predicted octanol–water partition coefficient (Wildman–Crippen LogP) is 3.80. The van der Waals surface area contributed by atoms with Crippen molar-refractivity contribution in [3.05, 3.63) is 59.0 Å². The molecule has 3 aromatic rings. The van der Waals surface area contributed by atoms with Gasteiger partial charge >= 0.3 is 0 Å². The highest BCUT2D eigenvalue weighted by molar-refractivity contribution is 6.33. The number of nitrogens with zero attached hydrogens (tertiary/aromatic N) is 1. The summed E-state index contributed by atoms with van der Waals surface area (Å²) >= 11 is 5.86. The summed E-state index contributed by atoms with van der Waals surface area (Å²) in [7, 11) is 0. The molecule has 0 saturated carbocycles. The van der Waals surface area contributed by atoms with Crippen molar-refractivity contribution in [1.82, 2.24) is 5.16 Å². The number of hydrogen-bond acceptors (Lipinski definition) is 3. The van der Waals surface area contributed by atoms with E-state index in [1.807, 2.05) is 18.2 Å². The van der Waals surface area contributed by atoms with E-state index in [-0.39, 0.29) is 17.4 Å². The van der Waals surface area contributed by atoms with Crippen LogP contribution in [0.3, 0.4) is 0 Å². The first-order chi connectivity index (χ1) is 10.1. The largest absolute Gasteiger partial charge is 0.356 e. The van der Waals surface area contributed by atoms with Gasteiger partial charge in [-0.05, 0) is 30.3 Å². The first-order valence-electron chi connectivity index (χ1n) is 6.21. The van der Waals surface area contributed by atoms with E-state index in [0.717, 1.165) is 11.5 Å². The van der Waals surface area contributed by atoms with Crippen molar-refractivity contribution in [3.63, 3.8) is 0 Å². The third-order valence-electron chi connectivity index (χ3n) is 2.99. The fourth-order valence-corrected chi connectivity index (χ4v) is 2.22. The molecule has 0 radical (unpaired) electrons. The second-order valence-corrected chi connectivity index (χ2v) is 4.88.